The molecule has 0 unspecified atom stereocenters. The third-order valence-corrected chi connectivity index (χ3v) is 1.78. The maximum Gasteiger partial charge on any atom is 0.270 e. The highest BCUT2D eigenvalue weighted by atomic mass is 16.3. The van der Waals surface area contributed by atoms with E-state index in [0.717, 1.165) is 0 Å². The number of likely N-dealkylation sites (N-methyl/N-ethyl adjacent to an activating group) is 1. The summed E-state index contributed by atoms with van der Waals surface area (Å²) in [5.41, 5.74) is -0.0818. The first-order chi connectivity index (χ1) is 6.65. The maximum atomic E-state index is 11.5. The Balaban J connectivity index is 2.84. The van der Waals surface area contributed by atoms with Crippen molar-refractivity contribution in [1.29, 1.82) is 0 Å². The number of aromatic nitrogens is 1. The quantitative estimate of drug-likeness (QED) is 0.680. The summed E-state index contributed by atoms with van der Waals surface area (Å²) in [7, 11) is 1.56. The zero-order chi connectivity index (χ0) is 10.6. The van der Waals surface area contributed by atoms with Crippen LogP contribution < -0.4 is 5.56 Å². The molecule has 0 saturated carbocycles. The van der Waals surface area contributed by atoms with Crippen LogP contribution in [0.2, 0.25) is 0 Å². The van der Waals surface area contributed by atoms with Gasteiger partial charge in [-0.2, -0.15) is 0 Å². The number of aromatic amines is 1. The second kappa shape index (κ2) is 4.57. The molecular formula is C9H12N2O3. The standard InChI is InChI=1S/C9H12N2O3/c1-11(5-6-12)9(14)7-3-2-4-8(13)10-7/h2-4,12H,5-6H2,1H3,(H,10,13). The van der Waals surface area contributed by atoms with Crippen LogP contribution in [0.1, 0.15) is 10.5 Å². The number of rotatable bonds is 3. The molecule has 0 atom stereocenters. The van der Waals surface area contributed by atoms with Gasteiger partial charge in [0, 0.05) is 19.7 Å². The van der Waals surface area contributed by atoms with E-state index < -0.39 is 0 Å². The molecule has 1 amide bonds. The molecule has 0 aromatic carbocycles. The van der Waals surface area contributed by atoms with Gasteiger partial charge < -0.3 is 15.0 Å². The number of carbonyl (C=O) groups excluding carboxylic acids is 1. The van der Waals surface area contributed by atoms with Crippen LogP contribution in [0, 0.1) is 0 Å². The Morgan fingerprint density at radius 3 is 2.86 bits per heavy atom. The molecule has 5 nitrogen and oxygen atoms in total. The topological polar surface area (TPSA) is 73.4 Å². The number of aliphatic hydroxyl groups excluding tert-OH is 1. The summed E-state index contributed by atoms with van der Waals surface area (Å²) in [6.07, 6.45) is 0. The lowest BCUT2D eigenvalue weighted by Gasteiger charge is -2.14. The molecule has 1 heterocycles. The lowest BCUT2D eigenvalue weighted by atomic mass is 10.3. The molecule has 76 valence electrons. The zero-order valence-electron chi connectivity index (χ0n) is 7.86. The van der Waals surface area contributed by atoms with Crippen molar-refractivity contribution in [2.45, 2.75) is 0 Å². The Kier molecular flexibility index (Phi) is 3.41. The van der Waals surface area contributed by atoms with Crippen molar-refractivity contribution in [3.05, 3.63) is 34.2 Å². The number of hydrogen-bond acceptors (Lipinski definition) is 3. The van der Waals surface area contributed by atoms with E-state index in [4.69, 9.17) is 5.11 Å². The molecule has 0 spiro atoms. The number of aliphatic hydroxyl groups is 1. The Hall–Kier alpha value is -1.62. The van der Waals surface area contributed by atoms with Crippen LogP contribution in [0.3, 0.4) is 0 Å². The number of nitrogens with one attached hydrogen (secondary N) is 1. The van der Waals surface area contributed by atoms with E-state index >= 15 is 0 Å². The van der Waals surface area contributed by atoms with Gasteiger partial charge in [0.05, 0.1) is 6.61 Å². The summed E-state index contributed by atoms with van der Waals surface area (Å²) in [4.78, 5) is 26.2. The molecule has 2 N–H and O–H groups in total. The van der Waals surface area contributed by atoms with Gasteiger partial charge in [-0.05, 0) is 6.07 Å². The van der Waals surface area contributed by atoms with Crippen LogP contribution in [-0.4, -0.2) is 41.1 Å². The molecule has 5 heteroatoms. The maximum absolute atomic E-state index is 11.5. The first-order valence-electron chi connectivity index (χ1n) is 4.21. The van der Waals surface area contributed by atoms with E-state index in [-0.39, 0.29) is 30.3 Å². The second-order valence-electron chi connectivity index (χ2n) is 2.88. The van der Waals surface area contributed by atoms with Crippen LogP contribution >= 0.6 is 0 Å². The van der Waals surface area contributed by atoms with Crippen LogP contribution in [0.5, 0.6) is 0 Å². The minimum atomic E-state index is -0.312. The first-order valence-corrected chi connectivity index (χ1v) is 4.21. The van der Waals surface area contributed by atoms with Gasteiger partial charge in [-0.1, -0.05) is 6.07 Å². The number of nitrogens with zero attached hydrogens (tertiary/aromatic N) is 1. The number of amides is 1. The van der Waals surface area contributed by atoms with Crippen molar-refractivity contribution in [2.75, 3.05) is 20.2 Å². The summed E-state index contributed by atoms with van der Waals surface area (Å²) < 4.78 is 0. The molecule has 1 aromatic heterocycles. The van der Waals surface area contributed by atoms with Crippen molar-refractivity contribution in [3.63, 3.8) is 0 Å². The van der Waals surface area contributed by atoms with Crippen molar-refractivity contribution in [3.8, 4) is 0 Å². The first kappa shape index (κ1) is 10.5. The fourth-order valence-electron chi connectivity index (χ4n) is 1.03. The van der Waals surface area contributed by atoms with Crippen LogP contribution in [-0.2, 0) is 0 Å². The molecule has 1 rings (SSSR count). The summed E-state index contributed by atoms with van der Waals surface area (Å²) >= 11 is 0. The molecule has 0 bridgehead atoms. The molecular weight excluding hydrogens is 184 g/mol. The number of pyridine rings is 1. The largest absolute Gasteiger partial charge is 0.395 e. The molecule has 0 aliphatic heterocycles. The average Bonchev–Trinajstić information content (AvgIpc) is 2.17. The van der Waals surface area contributed by atoms with Gasteiger partial charge in [0.25, 0.3) is 5.91 Å². The summed E-state index contributed by atoms with van der Waals surface area (Å²) in [5.74, 6) is -0.309. The van der Waals surface area contributed by atoms with Gasteiger partial charge in [0.2, 0.25) is 5.56 Å². The van der Waals surface area contributed by atoms with E-state index in [2.05, 4.69) is 4.98 Å². The van der Waals surface area contributed by atoms with E-state index in [1.807, 2.05) is 0 Å². The highest BCUT2D eigenvalue weighted by Crippen LogP contribution is 1.96. The monoisotopic (exact) mass is 196 g/mol. The molecule has 14 heavy (non-hydrogen) atoms. The van der Waals surface area contributed by atoms with Crippen molar-refractivity contribution < 1.29 is 9.90 Å². The van der Waals surface area contributed by atoms with E-state index in [1.165, 1.54) is 23.1 Å². The highest BCUT2D eigenvalue weighted by Gasteiger charge is 2.10. The number of H-pyrrole nitrogens is 1. The van der Waals surface area contributed by atoms with Crippen molar-refractivity contribution in [2.24, 2.45) is 0 Å². The Labute approximate surface area is 81.0 Å². The van der Waals surface area contributed by atoms with Crippen LogP contribution in [0.4, 0.5) is 0 Å². The second-order valence-corrected chi connectivity index (χ2v) is 2.88. The normalized spacial score (nSPS) is 9.86. The van der Waals surface area contributed by atoms with Gasteiger partial charge in [-0.25, -0.2) is 0 Å². The van der Waals surface area contributed by atoms with Gasteiger partial charge in [0.15, 0.2) is 0 Å². The zero-order valence-corrected chi connectivity index (χ0v) is 7.86. The van der Waals surface area contributed by atoms with Gasteiger partial charge in [-0.3, -0.25) is 9.59 Å². The fourth-order valence-corrected chi connectivity index (χ4v) is 1.03. The van der Waals surface area contributed by atoms with Crippen molar-refractivity contribution >= 4 is 5.91 Å². The third kappa shape index (κ3) is 2.43. The minimum Gasteiger partial charge on any atom is -0.395 e. The molecule has 0 aliphatic rings. The Bertz CT molecular complexity index is 372. The number of hydrogen-bond donors (Lipinski definition) is 2. The molecule has 1 aromatic rings. The summed E-state index contributed by atoms with van der Waals surface area (Å²) in [6.45, 7) is 0.148. The lowest BCUT2D eigenvalue weighted by Crippen LogP contribution is -2.31. The Morgan fingerprint density at radius 2 is 2.29 bits per heavy atom. The van der Waals surface area contributed by atoms with E-state index in [1.54, 1.807) is 7.05 Å². The molecule has 0 radical (unpaired) electrons. The predicted octanol–water partition coefficient (Wildman–Crippen LogP) is -0.561. The number of carbonyl (C=O) groups is 1. The van der Waals surface area contributed by atoms with E-state index in [0.29, 0.717) is 0 Å². The summed E-state index contributed by atoms with van der Waals surface area (Å²) in [6, 6.07) is 4.37. The van der Waals surface area contributed by atoms with Crippen molar-refractivity contribution in [1.82, 2.24) is 9.88 Å². The fraction of sp³-hybridized carbons (Fsp3) is 0.333. The molecule has 0 saturated heterocycles. The predicted molar refractivity (Wildman–Crippen MR) is 51.1 cm³/mol. The molecule has 0 fully saturated rings. The van der Waals surface area contributed by atoms with Crippen LogP contribution in [0.15, 0.2) is 23.0 Å². The lowest BCUT2D eigenvalue weighted by molar-refractivity contribution is 0.0761. The molecule has 0 aliphatic carbocycles. The smallest absolute Gasteiger partial charge is 0.270 e. The van der Waals surface area contributed by atoms with E-state index in [9.17, 15) is 9.59 Å². The van der Waals surface area contributed by atoms with Gasteiger partial charge in [-0.15, -0.1) is 0 Å². The van der Waals surface area contributed by atoms with Crippen LogP contribution in [0.25, 0.3) is 0 Å². The summed E-state index contributed by atoms with van der Waals surface area (Å²) in [5, 5.41) is 8.62. The third-order valence-electron chi connectivity index (χ3n) is 1.78. The SMILES string of the molecule is CN(CCO)C(=O)c1cccc(=O)[nH]1. The van der Waals surface area contributed by atoms with Gasteiger partial charge in [0.1, 0.15) is 5.69 Å². The Morgan fingerprint density at radius 1 is 1.57 bits per heavy atom. The minimum absolute atomic E-state index is 0.0979. The highest BCUT2D eigenvalue weighted by molar-refractivity contribution is 5.91. The average molecular weight is 196 g/mol. The van der Waals surface area contributed by atoms with Gasteiger partial charge >= 0.3 is 0 Å².